The van der Waals surface area contributed by atoms with Crippen LogP contribution in [0.1, 0.15) is 46.6 Å². The number of H-pyrrole nitrogens is 1. The molecule has 1 aromatic carbocycles. The molecule has 1 atom stereocenters. The molecule has 5 heterocycles. The largest absolute Gasteiger partial charge is 0.381 e. The average Bonchev–Trinajstić information content (AvgIpc) is 3.52. The fraction of sp³-hybridized carbons (Fsp3) is 0.318. The molecule has 6 rings (SSSR count). The quantitative estimate of drug-likeness (QED) is 0.549. The summed E-state index contributed by atoms with van der Waals surface area (Å²) in [5.41, 5.74) is 3.79. The molecule has 9 heteroatoms. The standard InChI is InChI=1S/C22H20N6O3/c1-2-12-4-3-6-23-18(12)27-10-14-8-17-16(9-15(14)22(27)30)24-21(29)20-26-25-19(28(17)20)13-5-7-31-11-13/h3-4,6,8-9,13H,2,5,7,10-11H2,1H3,(H,24,29). The van der Waals surface area contributed by atoms with Crippen LogP contribution >= 0.6 is 0 Å². The van der Waals surface area contributed by atoms with Crippen LogP contribution < -0.4 is 10.5 Å². The number of hydrogen-bond acceptors (Lipinski definition) is 6. The van der Waals surface area contributed by atoms with E-state index in [1.165, 1.54) is 0 Å². The monoisotopic (exact) mass is 416 g/mol. The van der Waals surface area contributed by atoms with Crippen LogP contribution in [0.3, 0.4) is 0 Å². The smallest absolute Gasteiger partial charge is 0.294 e. The second-order valence-corrected chi connectivity index (χ2v) is 7.99. The molecule has 0 saturated carbocycles. The first kappa shape index (κ1) is 18.2. The van der Waals surface area contributed by atoms with Crippen molar-refractivity contribution in [1.82, 2.24) is 24.6 Å². The van der Waals surface area contributed by atoms with Gasteiger partial charge in [0.25, 0.3) is 11.5 Å². The van der Waals surface area contributed by atoms with Crippen molar-refractivity contribution in [2.45, 2.75) is 32.2 Å². The Bertz CT molecular complexity index is 1420. The van der Waals surface area contributed by atoms with E-state index < -0.39 is 0 Å². The van der Waals surface area contributed by atoms with Crippen LogP contribution in [0.25, 0.3) is 16.7 Å². The zero-order valence-corrected chi connectivity index (χ0v) is 17.0. The second-order valence-electron chi connectivity index (χ2n) is 7.99. The van der Waals surface area contributed by atoms with Gasteiger partial charge in [0.15, 0.2) is 0 Å². The molecule has 31 heavy (non-hydrogen) atoms. The predicted octanol–water partition coefficient (Wildman–Crippen LogP) is 2.19. The molecule has 1 fully saturated rings. The number of anilines is 1. The van der Waals surface area contributed by atoms with Crippen molar-refractivity contribution in [2.24, 2.45) is 0 Å². The van der Waals surface area contributed by atoms with E-state index in [2.05, 4.69) is 20.2 Å². The van der Waals surface area contributed by atoms with Gasteiger partial charge in [0.2, 0.25) is 5.65 Å². The number of hydrogen-bond donors (Lipinski definition) is 1. The lowest BCUT2D eigenvalue weighted by Gasteiger charge is -2.17. The summed E-state index contributed by atoms with van der Waals surface area (Å²) in [7, 11) is 0. The fourth-order valence-electron chi connectivity index (χ4n) is 4.62. The Morgan fingerprint density at radius 3 is 2.97 bits per heavy atom. The van der Waals surface area contributed by atoms with Gasteiger partial charge in [-0.3, -0.25) is 18.9 Å². The highest BCUT2D eigenvalue weighted by molar-refractivity contribution is 6.11. The molecule has 9 nitrogen and oxygen atoms in total. The van der Waals surface area contributed by atoms with E-state index >= 15 is 0 Å². The van der Waals surface area contributed by atoms with Gasteiger partial charge >= 0.3 is 0 Å². The lowest BCUT2D eigenvalue weighted by molar-refractivity contribution is 0.0996. The molecule has 0 aliphatic carbocycles. The Morgan fingerprint density at radius 2 is 2.16 bits per heavy atom. The van der Waals surface area contributed by atoms with Gasteiger partial charge in [-0.15, -0.1) is 10.2 Å². The molecule has 3 aromatic heterocycles. The third kappa shape index (κ3) is 2.63. The van der Waals surface area contributed by atoms with E-state index in [1.54, 1.807) is 17.2 Å². The zero-order valence-electron chi connectivity index (χ0n) is 17.0. The molecule has 1 amide bonds. The summed E-state index contributed by atoms with van der Waals surface area (Å²) in [6.45, 7) is 3.71. The fourth-order valence-corrected chi connectivity index (χ4v) is 4.62. The number of carbonyl (C=O) groups is 1. The Hall–Kier alpha value is -3.59. The molecule has 0 bridgehead atoms. The van der Waals surface area contributed by atoms with Crippen molar-refractivity contribution in [2.75, 3.05) is 18.1 Å². The van der Waals surface area contributed by atoms with Gasteiger partial charge in [-0.2, -0.15) is 0 Å². The molecule has 1 unspecified atom stereocenters. The summed E-state index contributed by atoms with van der Waals surface area (Å²) in [5, 5.41) is 8.44. The van der Waals surface area contributed by atoms with E-state index in [1.807, 2.05) is 29.5 Å². The second kappa shape index (κ2) is 6.71. The van der Waals surface area contributed by atoms with Crippen LogP contribution in [0.5, 0.6) is 0 Å². The maximum atomic E-state index is 13.2. The van der Waals surface area contributed by atoms with Crippen LogP contribution in [-0.2, 0) is 17.7 Å². The Morgan fingerprint density at radius 1 is 1.26 bits per heavy atom. The van der Waals surface area contributed by atoms with E-state index in [0.29, 0.717) is 36.7 Å². The molecular formula is C22H20N6O3. The summed E-state index contributed by atoms with van der Waals surface area (Å²) < 4.78 is 7.34. The normalized spacial score (nSPS) is 18.4. The minimum Gasteiger partial charge on any atom is -0.381 e. The third-order valence-corrected chi connectivity index (χ3v) is 6.20. The van der Waals surface area contributed by atoms with Crippen molar-refractivity contribution in [1.29, 1.82) is 0 Å². The number of amides is 1. The highest BCUT2D eigenvalue weighted by Gasteiger charge is 2.32. The first-order valence-corrected chi connectivity index (χ1v) is 10.4. The van der Waals surface area contributed by atoms with Crippen molar-refractivity contribution < 1.29 is 9.53 Å². The predicted molar refractivity (Wildman–Crippen MR) is 113 cm³/mol. The first-order valence-electron chi connectivity index (χ1n) is 10.4. The van der Waals surface area contributed by atoms with E-state index in [-0.39, 0.29) is 23.0 Å². The summed E-state index contributed by atoms with van der Waals surface area (Å²) in [6, 6.07) is 7.59. The topological polar surface area (TPSA) is 105 Å². The maximum Gasteiger partial charge on any atom is 0.294 e. The van der Waals surface area contributed by atoms with Crippen LogP contribution in [0, 0.1) is 0 Å². The van der Waals surface area contributed by atoms with Gasteiger partial charge in [-0.25, -0.2) is 4.98 Å². The number of nitrogens with zero attached hydrogens (tertiary/aromatic N) is 5. The maximum absolute atomic E-state index is 13.2. The SMILES string of the molecule is CCc1cccnc1N1Cc2cc3c(cc2C1=O)[nH]c(=O)c1nnc(C2CCOC2)n13. The van der Waals surface area contributed by atoms with Crippen LogP contribution in [0.15, 0.2) is 35.3 Å². The zero-order chi connectivity index (χ0) is 21.1. The van der Waals surface area contributed by atoms with Gasteiger partial charge in [0.05, 0.1) is 24.2 Å². The van der Waals surface area contributed by atoms with Crippen molar-refractivity contribution in [3.8, 4) is 0 Å². The van der Waals surface area contributed by atoms with Crippen molar-refractivity contribution in [3.63, 3.8) is 0 Å². The van der Waals surface area contributed by atoms with E-state index in [9.17, 15) is 9.59 Å². The Balaban J connectivity index is 1.54. The van der Waals surface area contributed by atoms with Crippen LogP contribution in [0.2, 0.25) is 0 Å². The molecule has 156 valence electrons. The molecule has 0 spiro atoms. The molecule has 1 N–H and O–H groups in total. The lowest BCUT2D eigenvalue weighted by Crippen LogP contribution is -2.25. The van der Waals surface area contributed by atoms with Gasteiger partial charge in [0, 0.05) is 24.3 Å². The van der Waals surface area contributed by atoms with Gasteiger partial charge < -0.3 is 9.72 Å². The Kier molecular flexibility index (Phi) is 3.94. The average molecular weight is 416 g/mol. The number of pyridine rings is 1. The van der Waals surface area contributed by atoms with Crippen molar-refractivity contribution in [3.05, 3.63) is 63.3 Å². The third-order valence-electron chi connectivity index (χ3n) is 6.20. The number of aromatic nitrogens is 5. The molecular weight excluding hydrogens is 396 g/mol. The summed E-state index contributed by atoms with van der Waals surface area (Å²) in [4.78, 5) is 34.9. The van der Waals surface area contributed by atoms with Crippen LogP contribution in [-0.4, -0.2) is 43.7 Å². The van der Waals surface area contributed by atoms with Crippen molar-refractivity contribution >= 4 is 28.4 Å². The summed E-state index contributed by atoms with van der Waals surface area (Å²) >= 11 is 0. The van der Waals surface area contributed by atoms with E-state index in [4.69, 9.17) is 4.74 Å². The molecule has 2 aliphatic heterocycles. The van der Waals surface area contributed by atoms with Gasteiger partial charge in [-0.1, -0.05) is 13.0 Å². The van der Waals surface area contributed by atoms with Gasteiger partial charge in [-0.05, 0) is 42.2 Å². The number of fused-ring (bicyclic) bond motifs is 4. The number of nitrogens with one attached hydrogen (secondary N) is 1. The minimum atomic E-state index is -0.328. The highest BCUT2D eigenvalue weighted by atomic mass is 16.5. The highest BCUT2D eigenvalue weighted by Crippen LogP contribution is 2.33. The summed E-state index contributed by atoms with van der Waals surface area (Å²) in [6.07, 6.45) is 3.33. The molecule has 2 aliphatic rings. The number of benzene rings is 1. The number of carbonyl (C=O) groups excluding carboxylic acids is 1. The van der Waals surface area contributed by atoms with E-state index in [0.717, 1.165) is 35.3 Å². The number of aromatic amines is 1. The number of rotatable bonds is 3. The molecule has 4 aromatic rings. The van der Waals surface area contributed by atoms with Crippen LogP contribution in [0.4, 0.5) is 5.82 Å². The number of ether oxygens (including phenoxy) is 1. The first-order chi connectivity index (χ1) is 15.2. The number of aryl methyl sites for hydroxylation is 1. The molecule has 1 saturated heterocycles. The van der Waals surface area contributed by atoms with Gasteiger partial charge in [0.1, 0.15) is 11.6 Å². The lowest BCUT2D eigenvalue weighted by atomic mass is 10.1. The minimum absolute atomic E-state index is 0.0898. The summed E-state index contributed by atoms with van der Waals surface area (Å²) in [5.74, 6) is 1.39. The Labute approximate surface area is 176 Å². The molecule has 0 radical (unpaired) electrons.